The Morgan fingerprint density at radius 1 is 0.791 bits per heavy atom. The van der Waals surface area contributed by atoms with Crippen molar-refractivity contribution in [2.75, 3.05) is 20.2 Å². The Balaban J connectivity index is 0.000000271. The molecule has 0 spiro atoms. The molecule has 1 N–H and O–H groups in total. The number of carbonyl (C=O) groups excluding carboxylic acids is 2. The number of rotatable bonds is 10. The molecule has 0 aromatic carbocycles. The minimum Gasteiger partial charge on any atom is -0.477 e. The summed E-state index contributed by atoms with van der Waals surface area (Å²) in [6, 6.07) is 7.66. The summed E-state index contributed by atoms with van der Waals surface area (Å²) >= 11 is 0. The van der Waals surface area contributed by atoms with Gasteiger partial charge in [0.25, 0.3) is 5.91 Å². The molecule has 7 heterocycles. The molecule has 1 aliphatic heterocycles. The van der Waals surface area contributed by atoms with Crippen LogP contribution in [-0.2, 0) is 40.1 Å². The number of carboxylic acid groups (broad SMARTS) is 1. The minimum absolute atomic E-state index is 0.137. The number of aromatic nitrogens is 8. The summed E-state index contributed by atoms with van der Waals surface area (Å²) in [5.41, 5.74) is 5.78. The van der Waals surface area contributed by atoms with Gasteiger partial charge in [-0.1, -0.05) is 26.0 Å². The molecule has 0 atom stereocenters. The number of amides is 1. The van der Waals surface area contributed by atoms with Crippen molar-refractivity contribution in [2.24, 2.45) is 0 Å². The van der Waals surface area contributed by atoms with Crippen molar-refractivity contribution in [1.29, 1.82) is 0 Å². The van der Waals surface area contributed by atoms with Gasteiger partial charge in [0.1, 0.15) is 35.8 Å². The van der Waals surface area contributed by atoms with Gasteiger partial charge in [0, 0.05) is 77.5 Å². The van der Waals surface area contributed by atoms with E-state index in [0.717, 1.165) is 76.1 Å². The highest BCUT2D eigenvalue weighted by atomic mass is 19.4. The Morgan fingerprint density at radius 3 is 1.60 bits per heavy atom. The molecule has 15 nitrogen and oxygen atoms in total. The number of aldehydes is 1. The summed E-state index contributed by atoms with van der Waals surface area (Å²) in [6.45, 7) is 3.61. The van der Waals surface area contributed by atoms with Gasteiger partial charge in [0.2, 0.25) is 6.29 Å². The number of aryl methyl sites for hydroxylation is 4. The smallest absolute Gasteiger partial charge is 0.446 e. The summed E-state index contributed by atoms with van der Waals surface area (Å²) in [4.78, 5) is 40.1. The second kappa shape index (κ2) is 25.8. The highest BCUT2D eigenvalue weighted by Crippen LogP contribution is 2.30. The summed E-state index contributed by atoms with van der Waals surface area (Å²) in [5.74, 6) is -6.56. The second-order valence-corrected chi connectivity index (χ2v) is 14.3. The monoisotopic (exact) mass is 955 g/mol. The number of fused-ring (bicyclic) bond motifs is 2. The number of aliphatic carboxylic acids is 1. The number of alkyl halides is 8. The Bertz CT molecular complexity index is 2550. The van der Waals surface area contributed by atoms with E-state index >= 15 is 0 Å². The van der Waals surface area contributed by atoms with Gasteiger partial charge in [-0.3, -0.25) is 22.8 Å². The molecule has 23 heteroatoms. The molecule has 1 aliphatic carbocycles. The van der Waals surface area contributed by atoms with E-state index in [1.54, 1.807) is 44.4 Å². The van der Waals surface area contributed by atoms with Crippen molar-refractivity contribution in [3.63, 3.8) is 0 Å². The third kappa shape index (κ3) is 16.5. The summed E-state index contributed by atoms with van der Waals surface area (Å²) < 4.78 is 117. The maximum atomic E-state index is 13.3. The van der Waals surface area contributed by atoms with Gasteiger partial charge in [-0.05, 0) is 67.5 Å². The average Bonchev–Trinajstić information content (AvgIpc) is 4.17. The third-order valence-corrected chi connectivity index (χ3v) is 9.53. The SMILES string of the molecule is C1=C(c2cnc(CCc3ccco3)n3cnnc23)CCCC1.CC(F)(F)C(=O)N1CC=C(c2cnc(CCc3ccco3)n3cnnc23)CC1.CC(F)(F)C(=O)O.O=CC(F)(F)F.[2H]CC.[2H]CF. The van der Waals surface area contributed by atoms with Crippen LogP contribution in [0.3, 0.4) is 0 Å². The molecular formula is C44H51F8N9O6. The highest BCUT2D eigenvalue weighted by Gasteiger charge is 2.37. The Hall–Kier alpha value is -6.81. The Morgan fingerprint density at radius 2 is 1.25 bits per heavy atom. The zero-order chi connectivity index (χ0) is 51.2. The van der Waals surface area contributed by atoms with Crippen LogP contribution in [0.1, 0.15) is 96.8 Å². The first-order chi connectivity index (χ1) is 32.7. The number of carbonyl (C=O) groups is 3. The zero-order valence-corrected chi connectivity index (χ0v) is 36.7. The second-order valence-electron chi connectivity index (χ2n) is 14.3. The van der Waals surface area contributed by atoms with Gasteiger partial charge in [0.05, 0.1) is 21.1 Å². The van der Waals surface area contributed by atoms with Crippen LogP contribution in [0.4, 0.5) is 35.1 Å². The highest BCUT2D eigenvalue weighted by molar-refractivity contribution is 5.85. The van der Waals surface area contributed by atoms with Crippen LogP contribution in [0.5, 0.6) is 0 Å². The quantitative estimate of drug-likeness (QED) is 0.101. The van der Waals surface area contributed by atoms with E-state index in [1.165, 1.54) is 18.4 Å². The fourth-order valence-electron chi connectivity index (χ4n) is 6.39. The van der Waals surface area contributed by atoms with E-state index in [4.69, 9.17) is 21.5 Å². The van der Waals surface area contributed by atoms with E-state index in [2.05, 4.69) is 36.4 Å². The lowest BCUT2D eigenvalue weighted by atomic mass is 9.95. The van der Waals surface area contributed by atoms with Crippen molar-refractivity contribution in [1.82, 2.24) is 44.1 Å². The molecule has 0 saturated carbocycles. The number of allylic oxidation sites excluding steroid dienone is 2. The van der Waals surface area contributed by atoms with Gasteiger partial charge in [-0.25, -0.2) is 14.8 Å². The molecule has 2 aliphatic rings. The predicted molar refractivity (Wildman–Crippen MR) is 229 cm³/mol. The van der Waals surface area contributed by atoms with Crippen molar-refractivity contribution in [2.45, 2.75) is 103 Å². The van der Waals surface area contributed by atoms with Crippen LogP contribution in [0.25, 0.3) is 22.4 Å². The number of furan rings is 2. The lowest BCUT2D eigenvalue weighted by molar-refractivity contribution is -0.162. The zero-order valence-electron chi connectivity index (χ0n) is 38.7. The topological polar surface area (TPSA) is 187 Å². The summed E-state index contributed by atoms with van der Waals surface area (Å²) in [7, 11) is -1.00. The van der Waals surface area contributed by atoms with Crippen LogP contribution in [0.2, 0.25) is 0 Å². The molecule has 0 fully saturated rings. The van der Waals surface area contributed by atoms with Crippen LogP contribution >= 0.6 is 0 Å². The van der Waals surface area contributed by atoms with Gasteiger partial charge >= 0.3 is 24.0 Å². The maximum Gasteiger partial charge on any atom is 0.446 e. The standard InChI is InChI=1S/C19H19F2N5O2.C17H18N4O.C3H4F2O2.C2HF3O.C2H6.CH3F/c1-19(20,21)18(27)25-8-6-13(7-9-25)15-11-22-16(26-12-23-24-17(15)26)5-4-14-3-2-10-28-14;1-2-5-13(6-3-1)15-11-18-16(21-12-19-20-17(15)21)9-8-14-7-4-10-22-14;1-3(4,5)2(6)7;3-2(4,5)1-6;2*1-2/h2-3,6,10-12H,4-5,7-9H2,1H3;4-5,7,10-12H,1-3,6,8-9H2;1H3,(H,6,7);1H;1-2H3;1H3/i;;;;2*1D. The van der Waals surface area contributed by atoms with E-state index in [9.17, 15) is 44.7 Å². The molecule has 1 amide bonds. The number of hydrogen-bond donors (Lipinski definition) is 1. The van der Waals surface area contributed by atoms with Crippen molar-refractivity contribution in [3.05, 3.63) is 108 Å². The van der Waals surface area contributed by atoms with Gasteiger partial charge in [-0.15, -0.1) is 20.4 Å². The van der Waals surface area contributed by atoms with E-state index < -0.39 is 43.3 Å². The van der Waals surface area contributed by atoms with Gasteiger partial charge < -0.3 is 18.8 Å². The lowest BCUT2D eigenvalue weighted by Crippen LogP contribution is -2.43. The van der Waals surface area contributed by atoms with Crippen LogP contribution < -0.4 is 0 Å². The van der Waals surface area contributed by atoms with E-state index in [1.807, 2.05) is 39.3 Å². The van der Waals surface area contributed by atoms with E-state index in [-0.39, 0.29) is 13.1 Å². The largest absolute Gasteiger partial charge is 0.477 e. The Kier molecular flexibility index (Phi) is 19.7. The number of nitrogens with zero attached hydrogens (tertiary/aromatic N) is 9. The molecule has 67 heavy (non-hydrogen) atoms. The lowest BCUT2D eigenvalue weighted by Gasteiger charge is -2.28. The summed E-state index contributed by atoms with van der Waals surface area (Å²) in [5, 5.41) is 24.1. The molecular weight excluding hydrogens is 903 g/mol. The molecule has 6 aromatic heterocycles. The predicted octanol–water partition coefficient (Wildman–Crippen LogP) is 9.32. The van der Waals surface area contributed by atoms with Crippen molar-refractivity contribution in [3.8, 4) is 0 Å². The Labute approximate surface area is 382 Å². The first kappa shape index (κ1) is 51.2. The molecule has 0 unspecified atom stereocenters. The molecule has 6 aromatic rings. The van der Waals surface area contributed by atoms with Crippen LogP contribution in [0.15, 0.2) is 82.8 Å². The minimum atomic E-state index is -4.64. The first-order valence-corrected chi connectivity index (χ1v) is 20.4. The molecule has 0 bridgehead atoms. The van der Waals surface area contributed by atoms with E-state index in [0.29, 0.717) is 45.7 Å². The number of halogens is 8. The molecule has 0 radical (unpaired) electrons. The van der Waals surface area contributed by atoms with Crippen molar-refractivity contribution >= 4 is 40.6 Å². The number of carboxylic acids is 1. The van der Waals surface area contributed by atoms with Gasteiger partial charge in [0.15, 0.2) is 11.3 Å². The van der Waals surface area contributed by atoms with Gasteiger partial charge in [-0.2, -0.15) is 30.7 Å². The number of hydrogen-bond acceptors (Lipinski definition) is 11. The average molecular weight is 956 g/mol. The molecule has 364 valence electrons. The molecule has 0 saturated heterocycles. The van der Waals surface area contributed by atoms with Crippen molar-refractivity contribution < 1.29 is 66.2 Å². The fourth-order valence-corrected chi connectivity index (χ4v) is 6.39. The first-order valence-electron chi connectivity index (χ1n) is 21.8. The van der Waals surface area contributed by atoms with Crippen LogP contribution in [-0.4, -0.2) is 106 Å². The third-order valence-electron chi connectivity index (χ3n) is 9.53. The normalized spacial score (nSPS) is 14.0. The molecule has 8 rings (SSSR count). The maximum absolute atomic E-state index is 13.3. The van der Waals surface area contributed by atoms with Crippen LogP contribution in [0, 0.1) is 0 Å². The summed E-state index contributed by atoms with van der Waals surface area (Å²) in [6.07, 6.45) is 17.0. The fraction of sp³-hybridized carbons (Fsp3) is 0.432.